The first-order chi connectivity index (χ1) is 19.0. The first kappa shape index (κ1) is 29.4. The van der Waals surface area contributed by atoms with Crippen LogP contribution in [0.1, 0.15) is 29.8 Å². The lowest BCUT2D eigenvalue weighted by atomic mass is 9.99. The van der Waals surface area contributed by atoms with Gasteiger partial charge in [0.15, 0.2) is 5.75 Å². The summed E-state index contributed by atoms with van der Waals surface area (Å²) in [4.78, 5) is 17.3. The molecule has 1 amide bonds. The van der Waals surface area contributed by atoms with E-state index >= 15 is 0 Å². The fraction of sp³-hybridized carbons (Fsp3) is 0.367. The molecule has 0 saturated carbocycles. The molecule has 0 bridgehead atoms. The Labute approximate surface area is 236 Å². The van der Waals surface area contributed by atoms with Crippen molar-refractivity contribution in [1.82, 2.24) is 9.80 Å². The molecule has 1 heterocycles. The van der Waals surface area contributed by atoms with Gasteiger partial charge in [-0.3, -0.25) is 14.4 Å². The Morgan fingerprint density at radius 2 is 1.75 bits per heavy atom. The molecule has 1 aliphatic heterocycles. The van der Waals surface area contributed by atoms with Crippen LogP contribution in [-0.4, -0.2) is 74.4 Å². The van der Waals surface area contributed by atoms with E-state index in [1.807, 2.05) is 68.6 Å². The minimum absolute atomic E-state index is 0.110. The SMILES string of the molecule is C[C@H]1CN([C@@H](C)CO)C(=O)c2cccc(NS(C)(=O)=O)c2O[C@@H]1CN(C)Cc1ccc(Oc2ccccc2)cc1. The van der Waals surface area contributed by atoms with Crippen molar-refractivity contribution in [2.24, 2.45) is 5.92 Å². The second-order valence-corrected chi connectivity index (χ2v) is 12.2. The highest BCUT2D eigenvalue weighted by Crippen LogP contribution is 2.35. The maximum Gasteiger partial charge on any atom is 0.258 e. The Morgan fingerprint density at radius 1 is 1.07 bits per heavy atom. The van der Waals surface area contributed by atoms with Crippen LogP contribution >= 0.6 is 0 Å². The van der Waals surface area contributed by atoms with Crippen LogP contribution in [0.4, 0.5) is 5.69 Å². The molecule has 0 aliphatic carbocycles. The summed E-state index contributed by atoms with van der Waals surface area (Å²) in [5.41, 5.74) is 1.55. The minimum Gasteiger partial charge on any atom is -0.486 e. The monoisotopic (exact) mass is 567 g/mol. The van der Waals surface area contributed by atoms with Gasteiger partial charge in [0.2, 0.25) is 10.0 Å². The number of carbonyl (C=O) groups excluding carboxylic acids is 1. The van der Waals surface area contributed by atoms with Crippen molar-refractivity contribution in [3.63, 3.8) is 0 Å². The average molecular weight is 568 g/mol. The van der Waals surface area contributed by atoms with Crippen LogP contribution in [-0.2, 0) is 16.6 Å². The highest BCUT2D eigenvalue weighted by atomic mass is 32.2. The highest BCUT2D eigenvalue weighted by Gasteiger charge is 2.34. The number of fused-ring (bicyclic) bond motifs is 1. The molecule has 0 radical (unpaired) electrons. The van der Waals surface area contributed by atoms with Crippen LogP contribution in [0.3, 0.4) is 0 Å². The number of nitrogens with one attached hydrogen (secondary N) is 1. The van der Waals surface area contributed by atoms with E-state index in [4.69, 9.17) is 9.47 Å². The summed E-state index contributed by atoms with van der Waals surface area (Å²) in [7, 11) is -1.63. The summed E-state index contributed by atoms with van der Waals surface area (Å²) in [5, 5.41) is 9.85. The molecule has 2 N–H and O–H groups in total. The second kappa shape index (κ2) is 12.7. The third-order valence-corrected chi connectivity index (χ3v) is 7.42. The van der Waals surface area contributed by atoms with Crippen LogP contribution in [0, 0.1) is 5.92 Å². The van der Waals surface area contributed by atoms with Crippen molar-refractivity contribution in [1.29, 1.82) is 0 Å². The van der Waals surface area contributed by atoms with Crippen LogP contribution in [0.15, 0.2) is 72.8 Å². The second-order valence-electron chi connectivity index (χ2n) is 10.4. The molecule has 0 spiro atoms. The minimum atomic E-state index is -3.62. The lowest BCUT2D eigenvalue weighted by molar-refractivity contribution is 0.0344. The number of para-hydroxylation sites is 2. The van der Waals surface area contributed by atoms with Crippen LogP contribution in [0.25, 0.3) is 0 Å². The molecule has 4 rings (SSSR count). The normalized spacial score (nSPS) is 18.4. The summed E-state index contributed by atoms with van der Waals surface area (Å²) in [5.74, 6) is 1.29. The van der Waals surface area contributed by atoms with E-state index in [1.54, 1.807) is 30.0 Å². The molecule has 3 aromatic carbocycles. The van der Waals surface area contributed by atoms with E-state index in [0.29, 0.717) is 19.6 Å². The fourth-order valence-electron chi connectivity index (χ4n) is 4.71. The number of hydrogen-bond acceptors (Lipinski definition) is 7. The third-order valence-electron chi connectivity index (χ3n) is 6.83. The fourth-order valence-corrected chi connectivity index (χ4v) is 5.27. The van der Waals surface area contributed by atoms with Gasteiger partial charge < -0.3 is 19.5 Å². The number of amides is 1. The van der Waals surface area contributed by atoms with Crippen molar-refractivity contribution in [2.45, 2.75) is 32.5 Å². The average Bonchev–Trinajstić information content (AvgIpc) is 2.91. The number of sulfonamides is 1. The predicted molar refractivity (Wildman–Crippen MR) is 155 cm³/mol. The number of anilines is 1. The van der Waals surface area contributed by atoms with Crippen molar-refractivity contribution in [3.8, 4) is 17.2 Å². The zero-order valence-electron chi connectivity index (χ0n) is 23.3. The molecule has 40 heavy (non-hydrogen) atoms. The van der Waals surface area contributed by atoms with E-state index in [0.717, 1.165) is 23.3 Å². The Morgan fingerprint density at radius 3 is 2.40 bits per heavy atom. The Bertz CT molecular complexity index is 1400. The molecule has 1 aliphatic rings. The number of likely N-dealkylation sites (N-methyl/N-ethyl adjacent to an activating group) is 1. The van der Waals surface area contributed by atoms with E-state index in [9.17, 15) is 18.3 Å². The number of benzene rings is 3. The van der Waals surface area contributed by atoms with Crippen molar-refractivity contribution < 1.29 is 27.8 Å². The molecule has 9 nitrogen and oxygen atoms in total. The first-order valence-electron chi connectivity index (χ1n) is 13.2. The number of aliphatic hydroxyl groups excluding tert-OH is 1. The summed E-state index contributed by atoms with van der Waals surface area (Å²) < 4.78 is 39.0. The van der Waals surface area contributed by atoms with Crippen LogP contribution in [0.5, 0.6) is 17.2 Å². The first-order valence-corrected chi connectivity index (χ1v) is 15.1. The molecule has 214 valence electrons. The number of aliphatic hydroxyl groups is 1. The smallest absolute Gasteiger partial charge is 0.258 e. The Hall–Kier alpha value is -3.60. The zero-order valence-corrected chi connectivity index (χ0v) is 24.1. The van der Waals surface area contributed by atoms with E-state index in [2.05, 4.69) is 9.62 Å². The number of hydrogen-bond donors (Lipinski definition) is 2. The molecule has 0 saturated heterocycles. The van der Waals surface area contributed by atoms with Crippen LogP contribution in [0.2, 0.25) is 0 Å². The zero-order chi connectivity index (χ0) is 28.9. The van der Waals surface area contributed by atoms with Gasteiger partial charge in [0.05, 0.1) is 30.2 Å². The molecular formula is C30H37N3O6S. The maximum atomic E-state index is 13.5. The van der Waals surface area contributed by atoms with Crippen molar-refractivity contribution in [2.75, 3.05) is 37.7 Å². The Kier molecular flexibility index (Phi) is 9.34. The molecule has 0 unspecified atom stereocenters. The third kappa shape index (κ3) is 7.53. The van der Waals surface area contributed by atoms with Crippen molar-refractivity contribution >= 4 is 21.6 Å². The summed E-state index contributed by atoms with van der Waals surface area (Å²) in [6.07, 6.45) is 0.690. The van der Waals surface area contributed by atoms with Gasteiger partial charge in [-0.05, 0) is 55.9 Å². The van der Waals surface area contributed by atoms with Gasteiger partial charge in [-0.25, -0.2) is 8.42 Å². The molecule has 0 fully saturated rings. The summed E-state index contributed by atoms with van der Waals surface area (Å²) in [6, 6.07) is 21.9. The van der Waals surface area contributed by atoms with Gasteiger partial charge in [0, 0.05) is 25.6 Å². The quantitative estimate of drug-likeness (QED) is 0.378. The molecule has 3 atom stereocenters. The standard InChI is InChI=1S/C30H37N3O6S/c1-21-17-33(22(2)20-34)30(35)26-11-8-12-27(31-40(4,36)37)29(26)39-28(21)19-32(3)18-23-13-15-25(16-14-23)38-24-9-6-5-7-10-24/h5-16,21-22,28,31,34H,17-20H2,1-4H3/t21-,22-,28+/m0/s1. The van der Waals surface area contributed by atoms with Crippen molar-refractivity contribution in [3.05, 3.63) is 83.9 Å². The van der Waals surface area contributed by atoms with E-state index in [1.165, 1.54) is 0 Å². The van der Waals surface area contributed by atoms with E-state index in [-0.39, 0.29) is 41.5 Å². The van der Waals surface area contributed by atoms with Gasteiger partial charge >= 0.3 is 0 Å². The van der Waals surface area contributed by atoms with Gasteiger partial charge in [0.25, 0.3) is 5.91 Å². The summed E-state index contributed by atoms with van der Waals surface area (Å²) in [6.45, 7) is 5.14. The topological polar surface area (TPSA) is 108 Å². The number of rotatable bonds is 10. The van der Waals surface area contributed by atoms with Gasteiger partial charge in [-0.2, -0.15) is 0 Å². The largest absolute Gasteiger partial charge is 0.486 e. The number of carbonyl (C=O) groups is 1. The predicted octanol–water partition coefficient (Wildman–Crippen LogP) is 4.20. The molecular weight excluding hydrogens is 530 g/mol. The molecule has 0 aromatic heterocycles. The van der Waals surface area contributed by atoms with E-state index < -0.39 is 16.1 Å². The lowest BCUT2D eigenvalue weighted by Crippen LogP contribution is -2.49. The maximum absolute atomic E-state index is 13.5. The summed E-state index contributed by atoms with van der Waals surface area (Å²) >= 11 is 0. The number of nitrogens with zero attached hydrogens (tertiary/aromatic N) is 2. The highest BCUT2D eigenvalue weighted by molar-refractivity contribution is 7.92. The molecule has 3 aromatic rings. The Balaban J connectivity index is 1.54. The van der Waals surface area contributed by atoms with Gasteiger partial charge in [0.1, 0.15) is 17.6 Å². The molecule has 10 heteroatoms. The lowest BCUT2D eigenvalue weighted by Gasteiger charge is -2.38. The number of ether oxygens (including phenoxy) is 2. The van der Waals surface area contributed by atoms with Gasteiger partial charge in [-0.1, -0.05) is 43.3 Å². The van der Waals surface area contributed by atoms with Crippen LogP contribution < -0.4 is 14.2 Å². The van der Waals surface area contributed by atoms with Gasteiger partial charge in [-0.15, -0.1) is 0 Å².